The van der Waals surface area contributed by atoms with Crippen molar-refractivity contribution in [3.05, 3.63) is 188 Å². The van der Waals surface area contributed by atoms with E-state index in [0.29, 0.717) is 17.5 Å². The van der Waals surface area contributed by atoms with Gasteiger partial charge in [0.25, 0.3) is 0 Å². The van der Waals surface area contributed by atoms with Crippen LogP contribution in [0.3, 0.4) is 0 Å². The van der Waals surface area contributed by atoms with Crippen LogP contribution in [0, 0.1) is 0 Å². The summed E-state index contributed by atoms with van der Waals surface area (Å²) in [7, 11) is 0. The molecular formula is C53H31N3O2. The van der Waals surface area contributed by atoms with Crippen LogP contribution in [0.25, 0.3) is 122 Å². The zero-order chi connectivity index (χ0) is 38.2. The van der Waals surface area contributed by atoms with Crippen LogP contribution in [0.15, 0.2) is 197 Å². The standard InChI is InChI=1S/C53H31N3O2/c1-2-13-32(14-3-1)51-54-52(56-53(55-51)42-23-12-26-48-50(42)41-21-8-9-24-45(41)57-48)36-17-10-16-33(29-36)38-22-11-25-47-49(38)44-31-35(27-28-46(44)58-47)43-30-34-15-4-5-18-37(34)39-19-6-7-20-40(39)43/h1-31H. The van der Waals surface area contributed by atoms with Crippen molar-refractivity contribution in [2.24, 2.45) is 0 Å². The number of aromatic nitrogens is 3. The number of fused-ring (bicyclic) bond motifs is 9. The van der Waals surface area contributed by atoms with Gasteiger partial charge in [0.05, 0.1) is 0 Å². The van der Waals surface area contributed by atoms with Crippen molar-refractivity contribution < 1.29 is 8.83 Å². The number of hydrogen-bond donors (Lipinski definition) is 0. The Balaban J connectivity index is 1.03. The number of nitrogens with zero attached hydrogens (tertiary/aromatic N) is 3. The van der Waals surface area contributed by atoms with E-state index in [0.717, 1.165) is 77.3 Å². The lowest BCUT2D eigenvalue weighted by Crippen LogP contribution is -2.00. The number of furan rings is 2. The minimum absolute atomic E-state index is 0.586. The highest BCUT2D eigenvalue weighted by atomic mass is 16.3. The van der Waals surface area contributed by atoms with Gasteiger partial charge < -0.3 is 8.83 Å². The predicted octanol–water partition coefficient (Wildman–Crippen LogP) is 14.3. The highest BCUT2D eigenvalue weighted by Gasteiger charge is 2.19. The van der Waals surface area contributed by atoms with Gasteiger partial charge in [0.2, 0.25) is 0 Å². The third-order valence-corrected chi connectivity index (χ3v) is 11.3. The molecule has 5 heteroatoms. The molecule has 12 aromatic rings. The fourth-order valence-electron chi connectivity index (χ4n) is 8.66. The Morgan fingerprint density at radius 2 is 0.828 bits per heavy atom. The first-order valence-corrected chi connectivity index (χ1v) is 19.4. The van der Waals surface area contributed by atoms with E-state index in [-0.39, 0.29) is 0 Å². The third kappa shape index (κ3) is 5.14. The van der Waals surface area contributed by atoms with E-state index >= 15 is 0 Å². The van der Waals surface area contributed by atoms with E-state index < -0.39 is 0 Å². The highest BCUT2D eigenvalue weighted by molar-refractivity contribution is 6.17. The second-order valence-corrected chi connectivity index (χ2v) is 14.7. The Labute approximate surface area is 332 Å². The third-order valence-electron chi connectivity index (χ3n) is 11.3. The normalized spacial score (nSPS) is 11.8. The highest BCUT2D eigenvalue weighted by Crippen LogP contribution is 2.42. The van der Waals surface area contributed by atoms with Crippen LogP contribution < -0.4 is 0 Å². The number of para-hydroxylation sites is 1. The molecule has 3 aromatic heterocycles. The van der Waals surface area contributed by atoms with Crippen molar-refractivity contribution in [2.75, 3.05) is 0 Å². The van der Waals surface area contributed by atoms with E-state index in [9.17, 15) is 0 Å². The van der Waals surface area contributed by atoms with Crippen LogP contribution in [-0.4, -0.2) is 15.0 Å². The van der Waals surface area contributed by atoms with Crippen LogP contribution in [0.4, 0.5) is 0 Å². The minimum atomic E-state index is 0.586. The van der Waals surface area contributed by atoms with Gasteiger partial charge in [-0.05, 0) is 86.3 Å². The molecule has 0 aliphatic carbocycles. The predicted molar refractivity (Wildman–Crippen MR) is 237 cm³/mol. The molecule has 0 aliphatic heterocycles. The molecule has 0 saturated heterocycles. The maximum atomic E-state index is 6.53. The molecule has 0 radical (unpaired) electrons. The zero-order valence-electron chi connectivity index (χ0n) is 31.1. The minimum Gasteiger partial charge on any atom is -0.456 e. The fraction of sp³-hybridized carbons (Fsp3) is 0. The van der Waals surface area contributed by atoms with Gasteiger partial charge >= 0.3 is 0 Å². The van der Waals surface area contributed by atoms with Crippen LogP contribution >= 0.6 is 0 Å². The van der Waals surface area contributed by atoms with Gasteiger partial charge in [0.15, 0.2) is 17.5 Å². The van der Waals surface area contributed by atoms with Crippen LogP contribution in [0.5, 0.6) is 0 Å². The summed E-state index contributed by atoms with van der Waals surface area (Å²) in [5, 5.41) is 9.10. The second kappa shape index (κ2) is 12.8. The lowest BCUT2D eigenvalue weighted by Gasteiger charge is -2.12. The van der Waals surface area contributed by atoms with Crippen molar-refractivity contribution in [2.45, 2.75) is 0 Å². The van der Waals surface area contributed by atoms with Crippen LogP contribution in [0.1, 0.15) is 0 Å². The first-order valence-electron chi connectivity index (χ1n) is 19.4. The van der Waals surface area contributed by atoms with E-state index in [1.165, 1.54) is 27.1 Å². The molecule has 58 heavy (non-hydrogen) atoms. The van der Waals surface area contributed by atoms with Gasteiger partial charge in [-0.15, -0.1) is 0 Å². The summed E-state index contributed by atoms with van der Waals surface area (Å²) in [6, 6.07) is 65.2. The molecule has 0 saturated carbocycles. The molecule has 12 rings (SSSR count). The molecular weight excluding hydrogens is 711 g/mol. The average molecular weight is 742 g/mol. The first-order chi connectivity index (χ1) is 28.7. The molecule has 0 spiro atoms. The van der Waals surface area contributed by atoms with Crippen molar-refractivity contribution >= 4 is 65.4 Å². The van der Waals surface area contributed by atoms with E-state index in [1.54, 1.807) is 0 Å². The first kappa shape index (κ1) is 32.4. The smallest absolute Gasteiger partial charge is 0.164 e. The van der Waals surface area contributed by atoms with E-state index in [1.807, 2.05) is 60.7 Å². The molecule has 0 unspecified atom stereocenters. The van der Waals surface area contributed by atoms with Gasteiger partial charge in [0.1, 0.15) is 22.3 Å². The van der Waals surface area contributed by atoms with Crippen molar-refractivity contribution in [3.63, 3.8) is 0 Å². The van der Waals surface area contributed by atoms with E-state index in [4.69, 9.17) is 23.8 Å². The Bertz CT molecular complexity index is 3580. The summed E-state index contributed by atoms with van der Waals surface area (Å²) in [4.78, 5) is 15.4. The Hall–Kier alpha value is -7.89. The Kier molecular flexibility index (Phi) is 7.16. The molecule has 3 heterocycles. The number of hydrogen-bond acceptors (Lipinski definition) is 5. The quantitative estimate of drug-likeness (QED) is 0.164. The maximum Gasteiger partial charge on any atom is 0.164 e. The topological polar surface area (TPSA) is 65.0 Å². The number of benzene rings is 9. The van der Waals surface area contributed by atoms with Gasteiger partial charge in [0, 0.05) is 38.2 Å². The SMILES string of the molecule is c1ccc(-c2nc(-c3cccc(-c4cccc5oc6ccc(-c7cc8ccccc8c8ccccc78)cc6c45)c3)nc(-c3cccc4oc5ccccc5c34)n2)cc1. The van der Waals surface area contributed by atoms with Crippen molar-refractivity contribution in [3.8, 4) is 56.4 Å². The van der Waals surface area contributed by atoms with Crippen molar-refractivity contribution in [1.29, 1.82) is 0 Å². The molecule has 0 aliphatic rings. The summed E-state index contributed by atoms with van der Waals surface area (Å²) in [5.74, 6) is 1.78. The summed E-state index contributed by atoms with van der Waals surface area (Å²) in [6.07, 6.45) is 0. The molecule has 0 amide bonds. The van der Waals surface area contributed by atoms with Gasteiger partial charge in [-0.3, -0.25) is 0 Å². The average Bonchev–Trinajstić information content (AvgIpc) is 3.87. The summed E-state index contributed by atoms with van der Waals surface area (Å²) in [5.41, 5.74) is 10.5. The summed E-state index contributed by atoms with van der Waals surface area (Å²) >= 11 is 0. The molecule has 270 valence electrons. The monoisotopic (exact) mass is 741 g/mol. The lowest BCUT2D eigenvalue weighted by atomic mass is 9.92. The zero-order valence-corrected chi connectivity index (χ0v) is 31.1. The number of rotatable bonds is 5. The Morgan fingerprint density at radius 3 is 1.66 bits per heavy atom. The van der Waals surface area contributed by atoms with E-state index in [2.05, 4.69) is 127 Å². The maximum absolute atomic E-state index is 6.53. The van der Waals surface area contributed by atoms with Gasteiger partial charge in [-0.2, -0.15) is 0 Å². The molecule has 9 aromatic carbocycles. The van der Waals surface area contributed by atoms with Gasteiger partial charge in [-0.25, -0.2) is 15.0 Å². The summed E-state index contributed by atoms with van der Waals surface area (Å²) in [6.45, 7) is 0. The second-order valence-electron chi connectivity index (χ2n) is 14.7. The van der Waals surface area contributed by atoms with Crippen LogP contribution in [-0.2, 0) is 0 Å². The molecule has 0 fully saturated rings. The molecule has 0 bridgehead atoms. The molecule has 0 atom stereocenters. The van der Waals surface area contributed by atoms with Crippen LogP contribution in [0.2, 0.25) is 0 Å². The fourth-order valence-corrected chi connectivity index (χ4v) is 8.66. The largest absolute Gasteiger partial charge is 0.456 e. The lowest BCUT2D eigenvalue weighted by molar-refractivity contribution is 0.668. The van der Waals surface area contributed by atoms with Crippen molar-refractivity contribution in [1.82, 2.24) is 15.0 Å². The summed E-state index contributed by atoms with van der Waals surface area (Å²) < 4.78 is 12.8. The molecule has 5 nitrogen and oxygen atoms in total. The molecule has 0 N–H and O–H groups in total. The van der Waals surface area contributed by atoms with Gasteiger partial charge in [-0.1, -0.05) is 146 Å². The Morgan fingerprint density at radius 1 is 0.276 bits per heavy atom.